The molecule has 0 saturated carbocycles. The second-order valence-corrected chi connectivity index (χ2v) is 18.5. The molecule has 0 aromatic carbocycles. The van der Waals surface area contributed by atoms with Crippen LogP contribution in [0.3, 0.4) is 0 Å². The van der Waals surface area contributed by atoms with Gasteiger partial charge in [0.15, 0.2) is 24.6 Å². The average Bonchev–Trinajstić information content (AvgIpc) is 3.42. The zero-order valence-electron chi connectivity index (χ0n) is 46.9. The Hall–Kier alpha value is -5.66. The third-order valence-electron chi connectivity index (χ3n) is 11.6. The van der Waals surface area contributed by atoms with E-state index in [2.05, 4.69) is 136 Å². The number of allylic oxidation sites excluding steroid dienone is 25. The summed E-state index contributed by atoms with van der Waals surface area (Å²) in [6.07, 6.45) is 62.5. The van der Waals surface area contributed by atoms with Crippen LogP contribution in [0.15, 0.2) is 158 Å². The largest absolute Gasteiger partial charge is 0.479 e. The molecule has 0 radical (unpaired) electrons. The van der Waals surface area contributed by atoms with E-state index < -0.39 is 73.9 Å². The second-order valence-electron chi connectivity index (χ2n) is 18.5. The van der Waals surface area contributed by atoms with Crippen LogP contribution >= 0.6 is 0 Å². The molecule has 77 heavy (non-hydrogen) atoms. The lowest BCUT2D eigenvalue weighted by molar-refractivity contribution is -0.301. The highest BCUT2D eigenvalue weighted by atomic mass is 16.7. The van der Waals surface area contributed by atoms with Gasteiger partial charge in [-0.1, -0.05) is 204 Å². The van der Waals surface area contributed by atoms with Gasteiger partial charge in [-0.15, -0.1) is 0 Å². The van der Waals surface area contributed by atoms with E-state index in [1.54, 1.807) is 6.08 Å². The van der Waals surface area contributed by atoms with Crippen LogP contribution in [0.2, 0.25) is 0 Å². The summed E-state index contributed by atoms with van der Waals surface area (Å²) in [4.78, 5) is 51.0. The zero-order valence-corrected chi connectivity index (χ0v) is 46.9. The molecule has 6 unspecified atom stereocenters. The van der Waals surface area contributed by atoms with Crippen LogP contribution in [-0.4, -0.2) is 89.2 Å². The van der Waals surface area contributed by atoms with E-state index >= 15 is 0 Å². The van der Waals surface area contributed by atoms with Crippen molar-refractivity contribution in [2.45, 2.75) is 212 Å². The molecule has 1 saturated heterocycles. The van der Waals surface area contributed by atoms with Gasteiger partial charge in [0, 0.05) is 12.8 Å². The average molecular weight is 1070 g/mol. The molecule has 428 valence electrons. The van der Waals surface area contributed by atoms with E-state index in [0.29, 0.717) is 25.7 Å². The van der Waals surface area contributed by atoms with Crippen molar-refractivity contribution in [2.75, 3.05) is 13.2 Å². The van der Waals surface area contributed by atoms with Gasteiger partial charge < -0.3 is 39.0 Å². The number of aliphatic hydroxyl groups is 2. The number of hydrogen-bond acceptors (Lipinski definition) is 11. The molecule has 1 heterocycles. The van der Waals surface area contributed by atoms with Crippen LogP contribution in [0.4, 0.5) is 0 Å². The number of unbranched alkanes of at least 4 members (excludes halogenated alkanes) is 6. The molecule has 1 rings (SSSR count). The van der Waals surface area contributed by atoms with Gasteiger partial charge in [-0.2, -0.15) is 0 Å². The summed E-state index contributed by atoms with van der Waals surface area (Å²) in [6.45, 7) is 5.53. The number of hydrogen-bond donors (Lipinski definition) is 3. The summed E-state index contributed by atoms with van der Waals surface area (Å²) in [7, 11) is 0. The molecular formula is C65H96O12. The Morgan fingerprint density at radius 3 is 1.36 bits per heavy atom. The van der Waals surface area contributed by atoms with E-state index in [1.807, 2.05) is 36.5 Å². The van der Waals surface area contributed by atoms with Crippen LogP contribution in [0.1, 0.15) is 175 Å². The summed E-state index contributed by atoms with van der Waals surface area (Å²) >= 11 is 0. The van der Waals surface area contributed by atoms with Crippen LogP contribution < -0.4 is 0 Å². The summed E-state index contributed by atoms with van der Waals surface area (Å²) in [5, 5.41) is 31.4. The Bertz CT molecular complexity index is 1940. The number of carboxylic acid groups (broad SMARTS) is 1. The first-order valence-corrected chi connectivity index (χ1v) is 28.5. The van der Waals surface area contributed by atoms with Gasteiger partial charge in [-0.05, 0) is 109 Å². The van der Waals surface area contributed by atoms with Gasteiger partial charge >= 0.3 is 23.9 Å². The maximum atomic E-state index is 13.1. The molecule has 0 aromatic heterocycles. The maximum absolute atomic E-state index is 13.1. The number of carboxylic acids is 1. The lowest BCUT2D eigenvalue weighted by Gasteiger charge is -2.40. The molecular weight excluding hydrogens is 973 g/mol. The standard InChI is InChI=1S/C65H96O12/c1-4-7-10-13-16-19-22-25-27-28-29-30-32-35-38-41-44-47-50-53-59(68)76-63-61(70)60(69)62(64(71)72)77-65(63)74-55-56(75-58(67)52-49-46-43-40-37-33-24-21-18-15-12-9-6-3)54-73-57(66)51-48-45-42-39-36-34-31-26-23-20-17-14-11-8-5-2/h7-8,10-12,15-17,19-21,24-27,29-31,35-36,38-39,44-45,47-48,56,60-63,65,69-70H,4-6,9,13-14,18,22-23,28,32-34,37,40-43,46,49-55H2,1-3H3,(H,71,72)/b10-7-,11-8-,15-12-,19-16-,20-17-,24-21-,27-25-,30-29-,31-26-,38-35-,39-36-,47-44-,48-45-. The van der Waals surface area contributed by atoms with Crippen molar-refractivity contribution in [3.8, 4) is 0 Å². The van der Waals surface area contributed by atoms with Crippen molar-refractivity contribution < 1.29 is 58.2 Å². The second kappa shape index (κ2) is 51.1. The number of carbonyl (C=O) groups is 4. The molecule has 6 atom stereocenters. The van der Waals surface area contributed by atoms with Crippen molar-refractivity contribution >= 4 is 23.9 Å². The van der Waals surface area contributed by atoms with Crippen molar-refractivity contribution in [1.29, 1.82) is 0 Å². The van der Waals surface area contributed by atoms with E-state index in [4.69, 9.17) is 23.7 Å². The normalized spacial score (nSPS) is 19.2. The number of aliphatic carboxylic acids is 1. The maximum Gasteiger partial charge on any atom is 0.335 e. The Balaban J connectivity index is 2.81. The number of carbonyl (C=O) groups excluding carboxylic acids is 3. The highest BCUT2D eigenvalue weighted by molar-refractivity contribution is 5.74. The molecule has 0 aromatic rings. The minimum atomic E-state index is -1.95. The SMILES string of the molecule is CC/C=C\C/C=C\C/C=C\C/C=C\C/C=C\C/C=C\CCC(=O)OC1C(OCC(COC(=O)C/C=C\C/C=C\C/C=C\C/C=C\C/C=C\CC)OC(=O)CCCCCCC/C=C\C/C=C\CCC)OC(C(=O)O)C(O)C1O. The summed E-state index contributed by atoms with van der Waals surface area (Å²) in [5.74, 6) is -3.45. The van der Waals surface area contributed by atoms with Gasteiger partial charge in [0.1, 0.15) is 18.8 Å². The van der Waals surface area contributed by atoms with E-state index in [9.17, 15) is 34.5 Å². The van der Waals surface area contributed by atoms with Crippen molar-refractivity contribution in [3.05, 3.63) is 158 Å². The predicted molar refractivity (Wildman–Crippen MR) is 312 cm³/mol. The first-order chi connectivity index (χ1) is 37.6. The molecule has 1 aliphatic heterocycles. The first-order valence-electron chi connectivity index (χ1n) is 28.5. The van der Waals surface area contributed by atoms with E-state index in [-0.39, 0.29) is 19.3 Å². The fraction of sp³-hybridized carbons (Fsp3) is 0.538. The molecule has 12 nitrogen and oxygen atoms in total. The number of rotatable bonds is 45. The van der Waals surface area contributed by atoms with Crippen LogP contribution in [0, 0.1) is 0 Å². The van der Waals surface area contributed by atoms with Gasteiger partial charge in [0.25, 0.3) is 0 Å². The zero-order chi connectivity index (χ0) is 56.1. The number of esters is 3. The lowest BCUT2D eigenvalue weighted by atomic mass is 9.98. The molecule has 12 heteroatoms. The van der Waals surface area contributed by atoms with Crippen molar-refractivity contribution in [1.82, 2.24) is 0 Å². The smallest absolute Gasteiger partial charge is 0.335 e. The van der Waals surface area contributed by atoms with Crippen molar-refractivity contribution in [2.24, 2.45) is 0 Å². The topological polar surface area (TPSA) is 175 Å². The summed E-state index contributed by atoms with van der Waals surface area (Å²) in [5.41, 5.74) is 0. The van der Waals surface area contributed by atoms with Gasteiger partial charge in [0.05, 0.1) is 13.0 Å². The minimum absolute atomic E-state index is 0.0342. The summed E-state index contributed by atoms with van der Waals surface area (Å²) < 4.78 is 28.1. The highest BCUT2D eigenvalue weighted by Gasteiger charge is 2.50. The molecule has 0 aliphatic carbocycles. The van der Waals surface area contributed by atoms with Crippen molar-refractivity contribution in [3.63, 3.8) is 0 Å². The Kier molecular flexibility index (Phi) is 46.0. The fourth-order valence-corrected chi connectivity index (χ4v) is 7.33. The highest BCUT2D eigenvalue weighted by Crippen LogP contribution is 2.26. The third-order valence-corrected chi connectivity index (χ3v) is 11.6. The van der Waals surface area contributed by atoms with Gasteiger partial charge in [0.2, 0.25) is 0 Å². The summed E-state index contributed by atoms with van der Waals surface area (Å²) in [6, 6.07) is 0. The number of aliphatic hydroxyl groups excluding tert-OH is 2. The first kappa shape index (κ1) is 69.4. The molecule has 0 amide bonds. The van der Waals surface area contributed by atoms with E-state index in [0.717, 1.165) is 109 Å². The molecule has 1 aliphatic rings. The quantitative estimate of drug-likeness (QED) is 0.0228. The minimum Gasteiger partial charge on any atom is -0.479 e. The van der Waals surface area contributed by atoms with E-state index in [1.165, 1.54) is 0 Å². The molecule has 0 spiro atoms. The third kappa shape index (κ3) is 41.2. The van der Waals surface area contributed by atoms with Gasteiger partial charge in [-0.25, -0.2) is 4.79 Å². The number of ether oxygens (including phenoxy) is 5. The van der Waals surface area contributed by atoms with Crippen LogP contribution in [-0.2, 0) is 42.9 Å². The molecule has 3 N–H and O–H groups in total. The van der Waals surface area contributed by atoms with Crippen LogP contribution in [0.25, 0.3) is 0 Å². The van der Waals surface area contributed by atoms with Crippen LogP contribution in [0.5, 0.6) is 0 Å². The monoisotopic (exact) mass is 1070 g/mol. The molecule has 1 fully saturated rings. The fourth-order valence-electron chi connectivity index (χ4n) is 7.33. The predicted octanol–water partition coefficient (Wildman–Crippen LogP) is 14.6. The Labute approximate surface area is 463 Å². The molecule has 0 bridgehead atoms. The Morgan fingerprint density at radius 1 is 0.455 bits per heavy atom. The lowest BCUT2D eigenvalue weighted by Crippen LogP contribution is -2.61. The van der Waals surface area contributed by atoms with Gasteiger partial charge in [-0.3, -0.25) is 14.4 Å². The Morgan fingerprint density at radius 2 is 0.883 bits per heavy atom.